The molecule has 0 atom stereocenters. The van der Waals surface area contributed by atoms with Crippen molar-refractivity contribution in [2.45, 2.75) is 18.9 Å². The van der Waals surface area contributed by atoms with Gasteiger partial charge in [-0.25, -0.2) is 9.97 Å². The van der Waals surface area contributed by atoms with Gasteiger partial charge in [-0.2, -0.15) is 17.5 Å². The third kappa shape index (κ3) is 3.61. The maximum atomic E-state index is 13.0. The highest BCUT2D eigenvalue weighted by molar-refractivity contribution is 7.03. The Morgan fingerprint density at radius 3 is 2.43 bits per heavy atom. The van der Waals surface area contributed by atoms with Gasteiger partial charge in [0.05, 0.1) is 11.3 Å². The van der Waals surface area contributed by atoms with E-state index >= 15 is 0 Å². The fraction of sp³-hybridized carbons (Fsp3) is 0.167. The van der Waals surface area contributed by atoms with Crippen molar-refractivity contribution in [2.24, 2.45) is 0 Å². The Morgan fingerprint density at radius 2 is 1.86 bits per heavy atom. The van der Waals surface area contributed by atoms with Gasteiger partial charge in [-0.3, -0.25) is 0 Å². The van der Waals surface area contributed by atoms with Gasteiger partial charge in [0, 0.05) is 34.0 Å². The van der Waals surface area contributed by atoms with Gasteiger partial charge in [-0.15, -0.1) is 0 Å². The summed E-state index contributed by atoms with van der Waals surface area (Å²) in [4.78, 5) is 7.86. The zero-order valence-corrected chi connectivity index (χ0v) is 15.2. The van der Waals surface area contributed by atoms with E-state index in [-0.39, 0.29) is 28.1 Å². The van der Waals surface area contributed by atoms with E-state index in [4.69, 9.17) is 0 Å². The zero-order valence-electron chi connectivity index (χ0n) is 14.4. The summed E-state index contributed by atoms with van der Waals surface area (Å²) < 4.78 is 42.9. The number of hydrogen-bond acceptors (Lipinski definition) is 7. The van der Waals surface area contributed by atoms with Crippen LogP contribution in [-0.4, -0.2) is 29.7 Å². The molecule has 146 valence electrons. The van der Waals surface area contributed by atoms with Crippen LogP contribution in [-0.2, 0) is 12.0 Å². The molecule has 10 heteroatoms. The standard InChI is InChI=1S/C18H14F3N3O3S/c1-9(14-5-6-28-24-14)17(26,27)16-22-8-13(10(2)23-16)12-7-11(18(19,20)21)3-4-15(12)25/h3-8,25-27H,1H2,2H3. The Bertz CT molecular complexity index is 1030. The Hall–Kier alpha value is -2.82. The van der Waals surface area contributed by atoms with E-state index < -0.39 is 29.1 Å². The van der Waals surface area contributed by atoms with Crippen LogP contribution in [0, 0.1) is 6.92 Å². The molecule has 0 aliphatic carbocycles. The second-order valence-corrected chi connectivity index (χ2v) is 6.62. The van der Waals surface area contributed by atoms with E-state index in [2.05, 4.69) is 20.9 Å². The van der Waals surface area contributed by atoms with E-state index in [0.717, 1.165) is 35.9 Å². The second kappa shape index (κ2) is 6.97. The minimum Gasteiger partial charge on any atom is -0.507 e. The van der Waals surface area contributed by atoms with Crippen molar-refractivity contribution >= 4 is 17.1 Å². The minimum absolute atomic E-state index is 0.113. The summed E-state index contributed by atoms with van der Waals surface area (Å²) in [6.45, 7) is 5.05. The van der Waals surface area contributed by atoms with E-state index in [1.54, 1.807) is 5.38 Å². The van der Waals surface area contributed by atoms with Crippen LogP contribution in [0.2, 0.25) is 0 Å². The molecule has 0 fully saturated rings. The Labute approximate surface area is 161 Å². The Morgan fingerprint density at radius 1 is 1.14 bits per heavy atom. The number of aromatic nitrogens is 3. The highest BCUT2D eigenvalue weighted by Gasteiger charge is 2.36. The predicted molar refractivity (Wildman–Crippen MR) is 96.1 cm³/mol. The van der Waals surface area contributed by atoms with Crippen LogP contribution < -0.4 is 0 Å². The fourth-order valence-electron chi connectivity index (χ4n) is 2.51. The van der Waals surface area contributed by atoms with Crippen molar-refractivity contribution in [3.63, 3.8) is 0 Å². The average Bonchev–Trinajstić information content (AvgIpc) is 3.15. The molecule has 0 saturated heterocycles. The van der Waals surface area contributed by atoms with Gasteiger partial charge in [0.15, 0.2) is 5.82 Å². The SMILES string of the molecule is C=C(c1ccsn1)C(O)(O)c1ncc(-c2cc(C(F)(F)F)ccc2O)c(C)n1. The first-order valence-corrected chi connectivity index (χ1v) is 8.65. The molecule has 28 heavy (non-hydrogen) atoms. The molecule has 0 unspecified atom stereocenters. The fourth-order valence-corrected chi connectivity index (χ4v) is 3.04. The number of alkyl halides is 3. The van der Waals surface area contributed by atoms with Crippen LogP contribution in [0.5, 0.6) is 5.75 Å². The monoisotopic (exact) mass is 409 g/mol. The highest BCUT2D eigenvalue weighted by atomic mass is 32.1. The Balaban J connectivity index is 2.03. The van der Waals surface area contributed by atoms with Crippen LogP contribution in [0.1, 0.15) is 22.8 Å². The molecule has 0 aliphatic heterocycles. The lowest BCUT2D eigenvalue weighted by Crippen LogP contribution is -2.29. The number of phenols is 1. The molecule has 2 aromatic heterocycles. The van der Waals surface area contributed by atoms with E-state index in [9.17, 15) is 28.5 Å². The molecule has 1 aromatic carbocycles. The average molecular weight is 409 g/mol. The third-order valence-electron chi connectivity index (χ3n) is 4.07. The molecule has 3 rings (SSSR count). The first-order valence-electron chi connectivity index (χ1n) is 7.81. The molecule has 0 spiro atoms. The molecular weight excluding hydrogens is 395 g/mol. The van der Waals surface area contributed by atoms with Crippen molar-refractivity contribution in [1.29, 1.82) is 0 Å². The topological polar surface area (TPSA) is 99.4 Å². The number of rotatable bonds is 4. The lowest BCUT2D eigenvalue weighted by molar-refractivity contribution is -0.137. The highest BCUT2D eigenvalue weighted by Crippen LogP contribution is 2.38. The summed E-state index contributed by atoms with van der Waals surface area (Å²) in [5, 5.41) is 32.4. The number of benzene rings is 1. The van der Waals surface area contributed by atoms with Gasteiger partial charge in [0.25, 0.3) is 5.79 Å². The van der Waals surface area contributed by atoms with Crippen LogP contribution in [0.25, 0.3) is 16.7 Å². The number of aliphatic hydroxyl groups is 2. The van der Waals surface area contributed by atoms with E-state index in [0.29, 0.717) is 0 Å². The van der Waals surface area contributed by atoms with Crippen LogP contribution in [0.3, 0.4) is 0 Å². The number of halogens is 3. The molecular formula is C18H14F3N3O3S. The molecule has 0 radical (unpaired) electrons. The summed E-state index contributed by atoms with van der Waals surface area (Å²) in [5.74, 6) is -3.44. The number of aromatic hydroxyl groups is 1. The lowest BCUT2D eigenvalue weighted by Gasteiger charge is -2.22. The van der Waals surface area contributed by atoms with E-state index in [1.807, 2.05) is 0 Å². The smallest absolute Gasteiger partial charge is 0.416 e. The van der Waals surface area contributed by atoms with Crippen molar-refractivity contribution in [2.75, 3.05) is 0 Å². The van der Waals surface area contributed by atoms with E-state index in [1.165, 1.54) is 13.0 Å². The van der Waals surface area contributed by atoms with Gasteiger partial charge in [-0.1, -0.05) is 6.58 Å². The van der Waals surface area contributed by atoms with Crippen molar-refractivity contribution < 1.29 is 28.5 Å². The maximum absolute atomic E-state index is 13.0. The summed E-state index contributed by atoms with van der Waals surface area (Å²) >= 11 is 1.09. The minimum atomic E-state index is -4.59. The molecule has 0 saturated carbocycles. The van der Waals surface area contributed by atoms with Crippen molar-refractivity contribution in [3.05, 3.63) is 65.2 Å². The molecule has 3 aromatic rings. The predicted octanol–water partition coefficient (Wildman–Crippen LogP) is 3.48. The molecule has 2 heterocycles. The molecule has 3 N–H and O–H groups in total. The largest absolute Gasteiger partial charge is 0.507 e. The maximum Gasteiger partial charge on any atom is 0.416 e. The number of aryl methyl sites for hydroxylation is 1. The summed E-state index contributed by atoms with van der Waals surface area (Å²) in [6, 6.07) is 4.00. The van der Waals surface area contributed by atoms with Gasteiger partial charge in [-0.05, 0) is 42.7 Å². The molecule has 0 bridgehead atoms. The van der Waals surface area contributed by atoms with Gasteiger partial charge < -0.3 is 15.3 Å². The van der Waals surface area contributed by atoms with Gasteiger partial charge in [0.2, 0.25) is 0 Å². The van der Waals surface area contributed by atoms with Gasteiger partial charge >= 0.3 is 6.18 Å². The normalized spacial score (nSPS) is 12.2. The van der Waals surface area contributed by atoms with Crippen LogP contribution in [0.4, 0.5) is 13.2 Å². The van der Waals surface area contributed by atoms with Crippen LogP contribution in [0.15, 0.2) is 42.4 Å². The number of phenolic OH excluding ortho intramolecular Hbond substituents is 1. The molecule has 6 nitrogen and oxygen atoms in total. The summed E-state index contributed by atoms with van der Waals surface area (Å²) in [6.07, 6.45) is -3.48. The van der Waals surface area contributed by atoms with Gasteiger partial charge in [0.1, 0.15) is 5.75 Å². The number of nitrogens with zero attached hydrogens (tertiary/aromatic N) is 3. The molecule has 0 aliphatic rings. The second-order valence-electron chi connectivity index (χ2n) is 5.96. The first kappa shape index (κ1) is 19.9. The first-order chi connectivity index (χ1) is 13.0. The number of hydrogen-bond donors (Lipinski definition) is 3. The van der Waals surface area contributed by atoms with Crippen molar-refractivity contribution in [3.8, 4) is 16.9 Å². The van der Waals surface area contributed by atoms with Crippen LogP contribution >= 0.6 is 11.5 Å². The summed E-state index contributed by atoms with van der Waals surface area (Å²) in [5.41, 5.74) is -0.725. The van der Waals surface area contributed by atoms with Crippen molar-refractivity contribution in [1.82, 2.24) is 14.3 Å². The zero-order chi connectivity index (χ0) is 20.7. The lowest BCUT2D eigenvalue weighted by atomic mass is 10.0. The third-order valence-corrected chi connectivity index (χ3v) is 4.63. The Kier molecular flexibility index (Phi) is 4.96. The summed E-state index contributed by atoms with van der Waals surface area (Å²) in [7, 11) is 0. The quantitative estimate of drug-likeness (QED) is 0.571. The molecule has 0 amide bonds.